The maximum atomic E-state index is 13.3. The van der Waals surface area contributed by atoms with Crippen LogP contribution in [-0.4, -0.2) is 8.42 Å². The highest BCUT2D eigenvalue weighted by Crippen LogP contribution is 2.23. The van der Waals surface area contributed by atoms with Crippen LogP contribution in [0.5, 0.6) is 0 Å². The zero-order valence-electron chi connectivity index (χ0n) is 14.3. The van der Waals surface area contributed by atoms with Crippen molar-refractivity contribution in [3.63, 3.8) is 0 Å². The maximum absolute atomic E-state index is 13.3. The molecule has 0 saturated carbocycles. The molecule has 0 unspecified atom stereocenters. The average Bonchev–Trinajstić information content (AvgIpc) is 2.64. The third-order valence-corrected chi connectivity index (χ3v) is 5.10. The molecule has 27 heavy (non-hydrogen) atoms. The van der Waals surface area contributed by atoms with Crippen LogP contribution in [0.25, 0.3) is 0 Å². The Morgan fingerprint density at radius 1 is 0.778 bits per heavy atom. The van der Waals surface area contributed by atoms with Crippen LogP contribution in [0.4, 0.5) is 8.78 Å². The lowest BCUT2D eigenvalue weighted by Crippen LogP contribution is -2.22. The SMILES string of the molecule is NS(=O)(=O)c1ccc(CNC(c2ccc(F)cc2)c2ccc(F)cc2)cc1. The topological polar surface area (TPSA) is 72.2 Å². The minimum Gasteiger partial charge on any atom is -0.302 e. The van der Waals surface area contributed by atoms with Gasteiger partial charge in [-0.2, -0.15) is 0 Å². The molecule has 0 aliphatic rings. The molecule has 0 aliphatic heterocycles. The standard InChI is InChI=1S/C20H18F2N2O2S/c21-17-7-3-15(4-8-17)20(16-5-9-18(22)10-6-16)24-13-14-1-11-19(12-2-14)27(23,25)26/h1-12,20,24H,13H2,(H2,23,25,26). The molecule has 4 nitrogen and oxygen atoms in total. The Morgan fingerprint density at radius 2 is 1.22 bits per heavy atom. The number of primary sulfonamides is 1. The van der Waals surface area contributed by atoms with E-state index in [0.717, 1.165) is 16.7 Å². The van der Waals surface area contributed by atoms with Crippen molar-refractivity contribution in [3.8, 4) is 0 Å². The van der Waals surface area contributed by atoms with Crippen molar-refractivity contribution in [2.24, 2.45) is 5.14 Å². The highest BCUT2D eigenvalue weighted by molar-refractivity contribution is 7.89. The number of nitrogens with two attached hydrogens (primary N) is 1. The van der Waals surface area contributed by atoms with E-state index in [0.29, 0.717) is 6.54 Å². The summed E-state index contributed by atoms with van der Waals surface area (Å²) in [6.45, 7) is 0.421. The van der Waals surface area contributed by atoms with Gasteiger partial charge in [-0.1, -0.05) is 36.4 Å². The number of halogens is 2. The lowest BCUT2D eigenvalue weighted by Gasteiger charge is -2.20. The molecule has 3 aromatic carbocycles. The van der Waals surface area contributed by atoms with Crippen LogP contribution in [0.15, 0.2) is 77.7 Å². The van der Waals surface area contributed by atoms with Gasteiger partial charge in [0.05, 0.1) is 10.9 Å². The zero-order valence-corrected chi connectivity index (χ0v) is 15.1. The van der Waals surface area contributed by atoms with Crippen molar-refractivity contribution in [1.82, 2.24) is 5.32 Å². The predicted octanol–water partition coefficient (Wildman–Crippen LogP) is 3.49. The van der Waals surface area contributed by atoms with E-state index in [-0.39, 0.29) is 22.6 Å². The summed E-state index contributed by atoms with van der Waals surface area (Å²) in [7, 11) is -3.74. The fourth-order valence-corrected chi connectivity index (χ4v) is 3.27. The van der Waals surface area contributed by atoms with Gasteiger partial charge < -0.3 is 5.32 Å². The fourth-order valence-electron chi connectivity index (χ4n) is 2.76. The van der Waals surface area contributed by atoms with Crippen molar-refractivity contribution >= 4 is 10.0 Å². The summed E-state index contributed by atoms with van der Waals surface area (Å²) in [5.41, 5.74) is 2.49. The first kappa shape index (κ1) is 19.2. The third-order valence-electron chi connectivity index (χ3n) is 4.17. The summed E-state index contributed by atoms with van der Waals surface area (Å²) < 4.78 is 49.2. The first-order valence-corrected chi connectivity index (χ1v) is 9.73. The highest BCUT2D eigenvalue weighted by atomic mass is 32.2. The Morgan fingerprint density at radius 3 is 1.63 bits per heavy atom. The molecule has 0 spiro atoms. The lowest BCUT2D eigenvalue weighted by atomic mass is 9.98. The molecule has 140 valence electrons. The van der Waals surface area contributed by atoms with Gasteiger partial charge in [-0.25, -0.2) is 22.3 Å². The molecule has 0 radical (unpaired) electrons. The Hall–Kier alpha value is -2.61. The average molecular weight is 388 g/mol. The van der Waals surface area contributed by atoms with Crippen LogP contribution in [0.2, 0.25) is 0 Å². The first-order chi connectivity index (χ1) is 12.8. The molecule has 0 saturated heterocycles. The molecule has 3 aromatic rings. The Labute approximate surface area is 156 Å². The highest BCUT2D eigenvalue weighted by Gasteiger charge is 2.14. The monoisotopic (exact) mass is 388 g/mol. The van der Waals surface area contributed by atoms with E-state index >= 15 is 0 Å². The molecule has 3 rings (SSSR count). The van der Waals surface area contributed by atoms with E-state index in [1.165, 1.54) is 36.4 Å². The molecule has 7 heteroatoms. The molecule has 0 aliphatic carbocycles. The molecule has 0 atom stereocenters. The van der Waals surface area contributed by atoms with Crippen LogP contribution in [-0.2, 0) is 16.6 Å². The lowest BCUT2D eigenvalue weighted by molar-refractivity contribution is 0.591. The van der Waals surface area contributed by atoms with Gasteiger partial charge in [-0.3, -0.25) is 0 Å². The molecular weight excluding hydrogens is 370 g/mol. The number of hydrogen-bond donors (Lipinski definition) is 2. The second-order valence-electron chi connectivity index (χ2n) is 6.11. The van der Waals surface area contributed by atoms with Crippen LogP contribution in [0, 0.1) is 11.6 Å². The third kappa shape index (κ3) is 4.97. The minimum atomic E-state index is -3.74. The van der Waals surface area contributed by atoms with Crippen molar-refractivity contribution in [3.05, 3.63) is 101 Å². The number of nitrogens with one attached hydrogen (secondary N) is 1. The van der Waals surface area contributed by atoms with Gasteiger partial charge in [0.2, 0.25) is 10.0 Å². The summed E-state index contributed by atoms with van der Waals surface area (Å²) in [5, 5.41) is 8.44. The van der Waals surface area contributed by atoms with E-state index in [1.54, 1.807) is 36.4 Å². The van der Waals surface area contributed by atoms with Gasteiger partial charge >= 0.3 is 0 Å². The summed E-state index contributed by atoms with van der Waals surface area (Å²) in [6.07, 6.45) is 0. The summed E-state index contributed by atoms with van der Waals surface area (Å²) in [5.74, 6) is -0.676. The minimum absolute atomic E-state index is 0.0415. The van der Waals surface area contributed by atoms with Gasteiger partial charge in [-0.05, 0) is 53.1 Å². The van der Waals surface area contributed by atoms with E-state index in [1.807, 2.05) is 0 Å². The fraction of sp³-hybridized carbons (Fsp3) is 0.100. The summed E-state index contributed by atoms with van der Waals surface area (Å²) >= 11 is 0. The second kappa shape index (κ2) is 7.96. The number of hydrogen-bond acceptors (Lipinski definition) is 3. The molecule has 0 aromatic heterocycles. The number of sulfonamides is 1. The van der Waals surface area contributed by atoms with Gasteiger partial charge in [0, 0.05) is 6.54 Å². The maximum Gasteiger partial charge on any atom is 0.238 e. The second-order valence-corrected chi connectivity index (χ2v) is 7.67. The Bertz CT molecular complexity index is 958. The van der Waals surface area contributed by atoms with Crippen LogP contribution in [0.3, 0.4) is 0 Å². The molecule has 0 bridgehead atoms. The van der Waals surface area contributed by atoms with Crippen molar-refractivity contribution < 1.29 is 17.2 Å². The number of rotatable bonds is 6. The van der Waals surface area contributed by atoms with E-state index < -0.39 is 10.0 Å². The molecular formula is C20H18F2N2O2S. The van der Waals surface area contributed by atoms with E-state index in [2.05, 4.69) is 5.32 Å². The van der Waals surface area contributed by atoms with Gasteiger partial charge in [0.15, 0.2) is 0 Å². The zero-order chi connectivity index (χ0) is 19.4. The smallest absolute Gasteiger partial charge is 0.238 e. The Kier molecular flexibility index (Phi) is 5.65. The molecule has 3 N–H and O–H groups in total. The number of benzene rings is 3. The normalized spacial score (nSPS) is 11.7. The summed E-state index contributed by atoms with van der Waals surface area (Å²) in [6, 6.07) is 18.1. The van der Waals surface area contributed by atoms with Gasteiger partial charge in [0.25, 0.3) is 0 Å². The van der Waals surface area contributed by atoms with Crippen LogP contribution >= 0.6 is 0 Å². The van der Waals surface area contributed by atoms with Crippen LogP contribution in [0.1, 0.15) is 22.7 Å². The van der Waals surface area contributed by atoms with E-state index in [4.69, 9.17) is 5.14 Å². The predicted molar refractivity (Wildman–Crippen MR) is 99.3 cm³/mol. The molecule has 0 fully saturated rings. The van der Waals surface area contributed by atoms with Crippen molar-refractivity contribution in [2.75, 3.05) is 0 Å². The quantitative estimate of drug-likeness (QED) is 0.679. The van der Waals surface area contributed by atoms with Crippen LogP contribution < -0.4 is 10.5 Å². The largest absolute Gasteiger partial charge is 0.302 e. The first-order valence-electron chi connectivity index (χ1n) is 8.19. The summed E-state index contributed by atoms with van der Waals surface area (Å²) in [4.78, 5) is 0.0415. The van der Waals surface area contributed by atoms with E-state index in [9.17, 15) is 17.2 Å². The molecule has 0 amide bonds. The van der Waals surface area contributed by atoms with Gasteiger partial charge in [0.1, 0.15) is 11.6 Å². The molecule has 0 heterocycles. The Balaban J connectivity index is 1.83. The van der Waals surface area contributed by atoms with Crippen molar-refractivity contribution in [1.29, 1.82) is 0 Å². The van der Waals surface area contributed by atoms with Crippen molar-refractivity contribution in [2.45, 2.75) is 17.5 Å². The van der Waals surface area contributed by atoms with Gasteiger partial charge in [-0.15, -0.1) is 0 Å².